The van der Waals surface area contributed by atoms with Crippen LogP contribution in [0.25, 0.3) is 0 Å². The number of quaternary nitrogens is 1. The average Bonchev–Trinajstić information content (AvgIpc) is 3.50. The highest BCUT2D eigenvalue weighted by Gasteiger charge is 2.22. The monoisotopic (exact) mass is 1280 g/mol. The maximum atomic E-state index is 13.0. The van der Waals surface area contributed by atoms with Gasteiger partial charge in [0.25, 0.3) is 0 Å². The maximum absolute atomic E-state index is 13.0. The summed E-state index contributed by atoms with van der Waals surface area (Å²) in [5, 5.41) is 11.9. The van der Waals surface area contributed by atoms with Crippen molar-refractivity contribution in [3.8, 4) is 0 Å². The summed E-state index contributed by atoms with van der Waals surface area (Å²) < 4.78 is 22.9. The SMILES string of the molecule is CCCCCCC/C=C\C/C=C\C/C=C\CCCCCCCCCCCCCCCCCCCCCCCCC(=O)OC(COC(=O)CCCCCCCCCCCCCCCCCCCCCCCCCCCCCCC)COC(OCC[N+](C)(C)C)C(=O)[O-]. The smallest absolute Gasteiger partial charge is 0.306 e. The zero-order valence-electron chi connectivity index (χ0n) is 61.5. The summed E-state index contributed by atoms with van der Waals surface area (Å²) in [5.74, 6) is -2.25. The third kappa shape index (κ3) is 74.8. The van der Waals surface area contributed by atoms with Crippen LogP contribution in [0.3, 0.4) is 0 Å². The Kier molecular flexibility index (Phi) is 71.3. The summed E-state index contributed by atoms with van der Waals surface area (Å²) in [6.07, 6.45) is 91.3. The number of unbranched alkanes of at least 4 members (excludes halogenated alkanes) is 55. The van der Waals surface area contributed by atoms with Gasteiger partial charge in [0.1, 0.15) is 13.2 Å². The summed E-state index contributed by atoms with van der Waals surface area (Å²) >= 11 is 0. The van der Waals surface area contributed by atoms with Crippen LogP contribution in [0.15, 0.2) is 36.5 Å². The normalized spacial score (nSPS) is 12.8. The van der Waals surface area contributed by atoms with Gasteiger partial charge in [-0.15, -0.1) is 0 Å². The van der Waals surface area contributed by atoms with Gasteiger partial charge in [-0.2, -0.15) is 0 Å². The van der Waals surface area contributed by atoms with Gasteiger partial charge in [-0.05, 0) is 51.4 Å². The zero-order valence-corrected chi connectivity index (χ0v) is 61.5. The Hall–Kier alpha value is -2.49. The van der Waals surface area contributed by atoms with Gasteiger partial charge in [0.15, 0.2) is 12.4 Å². The van der Waals surface area contributed by atoms with Crippen LogP contribution in [0.2, 0.25) is 0 Å². The molecule has 0 bridgehead atoms. The Bertz CT molecular complexity index is 1590. The number of aliphatic carboxylic acids is 1. The lowest BCUT2D eigenvalue weighted by atomic mass is 10.0. The van der Waals surface area contributed by atoms with Gasteiger partial charge < -0.3 is 33.3 Å². The van der Waals surface area contributed by atoms with E-state index in [1.807, 2.05) is 21.1 Å². The molecule has 0 rings (SSSR count). The molecular weight excluding hydrogens is 1130 g/mol. The van der Waals surface area contributed by atoms with Crippen LogP contribution in [0.5, 0.6) is 0 Å². The average molecular weight is 1280 g/mol. The predicted octanol–water partition coefficient (Wildman–Crippen LogP) is 24.2. The molecule has 0 heterocycles. The Morgan fingerprint density at radius 3 is 0.879 bits per heavy atom. The van der Waals surface area contributed by atoms with Crippen LogP contribution in [-0.2, 0) is 33.3 Å². The van der Waals surface area contributed by atoms with E-state index in [0.29, 0.717) is 17.4 Å². The van der Waals surface area contributed by atoms with Gasteiger partial charge >= 0.3 is 11.9 Å². The fourth-order valence-corrected chi connectivity index (χ4v) is 12.3. The van der Waals surface area contributed by atoms with Crippen LogP contribution >= 0.6 is 0 Å². The van der Waals surface area contributed by atoms with Crippen molar-refractivity contribution in [1.29, 1.82) is 0 Å². The number of allylic oxidation sites excluding steroid dienone is 6. The number of hydrogen-bond donors (Lipinski definition) is 0. The summed E-state index contributed by atoms with van der Waals surface area (Å²) in [6, 6.07) is 0. The predicted molar refractivity (Wildman–Crippen MR) is 389 cm³/mol. The van der Waals surface area contributed by atoms with E-state index in [2.05, 4.69) is 50.3 Å². The molecule has 0 radical (unpaired) electrons. The van der Waals surface area contributed by atoms with Crippen molar-refractivity contribution in [3.63, 3.8) is 0 Å². The van der Waals surface area contributed by atoms with Crippen LogP contribution in [0.4, 0.5) is 0 Å². The van der Waals surface area contributed by atoms with E-state index in [-0.39, 0.29) is 32.2 Å². The number of likely N-dealkylation sites (N-methyl/N-ethyl adjacent to an activating group) is 1. The van der Waals surface area contributed by atoms with Crippen molar-refractivity contribution in [2.45, 2.75) is 424 Å². The van der Waals surface area contributed by atoms with Gasteiger partial charge in [0, 0.05) is 12.8 Å². The van der Waals surface area contributed by atoms with Gasteiger partial charge in [-0.3, -0.25) is 9.59 Å². The van der Waals surface area contributed by atoms with Gasteiger partial charge in [-0.1, -0.05) is 384 Å². The molecule has 0 saturated carbocycles. The van der Waals surface area contributed by atoms with Crippen molar-refractivity contribution >= 4 is 17.9 Å². The molecule has 0 aliphatic heterocycles. The van der Waals surface area contributed by atoms with Gasteiger partial charge in [-0.25, -0.2) is 0 Å². The number of carboxylic acids is 1. The highest BCUT2D eigenvalue weighted by Crippen LogP contribution is 2.20. The van der Waals surface area contributed by atoms with Crippen LogP contribution in [0, 0.1) is 0 Å². The molecule has 0 aromatic heterocycles. The number of esters is 2. The first kappa shape index (κ1) is 88.5. The lowest BCUT2D eigenvalue weighted by molar-refractivity contribution is -0.870. The molecule has 0 saturated heterocycles. The second-order valence-electron chi connectivity index (χ2n) is 28.7. The Labute approximate surface area is 566 Å². The Morgan fingerprint density at radius 1 is 0.330 bits per heavy atom. The van der Waals surface area contributed by atoms with E-state index >= 15 is 0 Å². The number of ether oxygens (including phenoxy) is 4. The van der Waals surface area contributed by atoms with E-state index in [0.717, 1.165) is 51.4 Å². The number of hydrogen-bond acceptors (Lipinski definition) is 8. The summed E-state index contributed by atoms with van der Waals surface area (Å²) in [7, 11) is 5.95. The zero-order chi connectivity index (χ0) is 66.1. The highest BCUT2D eigenvalue weighted by atomic mass is 16.7. The molecular formula is C82H155NO8. The first-order valence-electron chi connectivity index (χ1n) is 40.1. The summed E-state index contributed by atoms with van der Waals surface area (Å²) in [4.78, 5) is 37.6. The van der Waals surface area contributed by atoms with E-state index < -0.39 is 24.3 Å². The molecule has 0 spiro atoms. The molecule has 9 heteroatoms. The molecule has 9 nitrogen and oxygen atoms in total. The summed E-state index contributed by atoms with van der Waals surface area (Å²) in [5.41, 5.74) is 0. The van der Waals surface area contributed by atoms with Gasteiger partial charge in [0.05, 0.1) is 40.3 Å². The van der Waals surface area contributed by atoms with E-state index in [9.17, 15) is 19.5 Å². The number of rotatable bonds is 76. The lowest BCUT2D eigenvalue weighted by Gasteiger charge is -2.26. The highest BCUT2D eigenvalue weighted by molar-refractivity contribution is 5.70. The maximum Gasteiger partial charge on any atom is 0.306 e. The largest absolute Gasteiger partial charge is 0.545 e. The van der Waals surface area contributed by atoms with Crippen molar-refractivity contribution in [1.82, 2.24) is 0 Å². The molecule has 0 aliphatic rings. The molecule has 2 atom stereocenters. The lowest BCUT2D eigenvalue weighted by Crippen LogP contribution is -2.44. The number of nitrogens with zero attached hydrogens (tertiary/aromatic N) is 1. The molecule has 0 aromatic carbocycles. The molecule has 0 fully saturated rings. The van der Waals surface area contributed by atoms with Crippen molar-refractivity contribution in [2.24, 2.45) is 0 Å². The first-order valence-corrected chi connectivity index (χ1v) is 40.1. The fourth-order valence-electron chi connectivity index (χ4n) is 12.3. The van der Waals surface area contributed by atoms with Crippen LogP contribution in [-0.4, -0.2) is 82.3 Å². The first-order chi connectivity index (χ1) is 44.6. The minimum absolute atomic E-state index is 0.152. The number of carboxylic acid groups (broad SMARTS) is 1. The van der Waals surface area contributed by atoms with Crippen LogP contribution in [0.1, 0.15) is 412 Å². The minimum atomic E-state index is -1.62. The quantitative estimate of drug-likeness (QED) is 0.0195. The second-order valence-corrected chi connectivity index (χ2v) is 28.7. The van der Waals surface area contributed by atoms with E-state index in [4.69, 9.17) is 18.9 Å². The minimum Gasteiger partial charge on any atom is -0.545 e. The topological polar surface area (TPSA) is 111 Å². The molecule has 536 valence electrons. The van der Waals surface area contributed by atoms with Crippen LogP contribution < -0.4 is 5.11 Å². The van der Waals surface area contributed by atoms with Crippen molar-refractivity contribution in [3.05, 3.63) is 36.5 Å². The number of carbonyl (C=O) groups excluding carboxylic acids is 3. The van der Waals surface area contributed by atoms with Crippen molar-refractivity contribution in [2.75, 3.05) is 47.5 Å². The Morgan fingerprint density at radius 2 is 0.593 bits per heavy atom. The fraction of sp³-hybridized carbons (Fsp3) is 0.890. The molecule has 0 aromatic rings. The second kappa shape index (κ2) is 73.3. The van der Waals surface area contributed by atoms with E-state index in [1.54, 1.807) is 0 Å². The molecule has 2 unspecified atom stereocenters. The van der Waals surface area contributed by atoms with E-state index in [1.165, 1.54) is 334 Å². The Balaban J connectivity index is 3.97. The molecule has 91 heavy (non-hydrogen) atoms. The molecule has 0 N–H and O–H groups in total. The standard InChI is InChI=1S/C82H155NO8/c1-6-8-10-12-14-16-18-20-22-24-26-28-30-32-34-36-37-38-39-40-41-42-43-45-47-49-51-53-55-57-59-61-63-65-67-69-71-73-80(85)91-78(77-90-82(81(86)87)88-75-74-83(3,4)5)76-89-79(84)72-70-68-66-64-62-60-58-56-54-52-50-48-46-44-35-33-31-29-27-25-23-21-19-17-15-13-11-9-7-2/h18,20,24,26,30,32,78,82H,6-17,19,21-23,25,27-29,31,33-77H2,1-5H3/b20-18-,26-24-,32-30-. The summed E-state index contributed by atoms with van der Waals surface area (Å²) in [6.45, 7) is 4.82. The third-order valence-electron chi connectivity index (χ3n) is 18.4. The van der Waals surface area contributed by atoms with Crippen molar-refractivity contribution < 1.29 is 42.9 Å². The van der Waals surface area contributed by atoms with Gasteiger partial charge in [0.2, 0.25) is 0 Å². The third-order valence-corrected chi connectivity index (χ3v) is 18.4. The number of carbonyl (C=O) groups is 3. The molecule has 0 aliphatic carbocycles. The molecule has 0 amide bonds.